The molecule has 0 saturated carbocycles. The van der Waals surface area contributed by atoms with Crippen LogP contribution in [0.2, 0.25) is 0 Å². The fraction of sp³-hybridized carbons (Fsp3) is 0.238. The van der Waals surface area contributed by atoms with E-state index in [1.54, 1.807) is 29.9 Å². The number of carbonyl (C=O) groups excluding carboxylic acids is 1. The summed E-state index contributed by atoms with van der Waals surface area (Å²) in [5.74, 6) is -0.531. The highest BCUT2D eigenvalue weighted by Gasteiger charge is 2.18. The lowest BCUT2D eigenvalue weighted by atomic mass is 10.1. The second-order valence-electron chi connectivity index (χ2n) is 6.65. The molecule has 140 valence electrons. The molecule has 1 unspecified atom stereocenters. The summed E-state index contributed by atoms with van der Waals surface area (Å²) in [6.07, 6.45) is 0. The third-order valence-corrected chi connectivity index (χ3v) is 4.52. The lowest BCUT2D eigenvalue weighted by Crippen LogP contribution is -2.34. The number of likely N-dealkylation sites (N-methyl/N-ethyl adjacent to an activating group) is 1. The van der Waals surface area contributed by atoms with Gasteiger partial charge in [-0.25, -0.2) is 4.39 Å². The number of rotatable bonds is 6. The average Bonchev–Trinajstić information content (AvgIpc) is 3.05. The van der Waals surface area contributed by atoms with Crippen molar-refractivity contribution in [1.29, 1.82) is 0 Å². The van der Waals surface area contributed by atoms with Crippen molar-refractivity contribution in [2.24, 2.45) is 7.05 Å². The molecule has 5 nitrogen and oxygen atoms in total. The van der Waals surface area contributed by atoms with Gasteiger partial charge in [0.2, 0.25) is 0 Å². The molecule has 0 aliphatic carbocycles. The number of aryl methyl sites for hydroxylation is 1. The molecule has 0 bridgehead atoms. The Morgan fingerprint density at radius 2 is 1.81 bits per heavy atom. The molecule has 0 aliphatic heterocycles. The molecule has 6 heteroatoms. The van der Waals surface area contributed by atoms with Crippen molar-refractivity contribution < 1.29 is 9.18 Å². The van der Waals surface area contributed by atoms with Gasteiger partial charge in [-0.3, -0.25) is 9.48 Å². The first-order valence-corrected chi connectivity index (χ1v) is 8.75. The van der Waals surface area contributed by atoms with Crippen molar-refractivity contribution in [3.63, 3.8) is 0 Å². The van der Waals surface area contributed by atoms with Crippen LogP contribution in [-0.4, -0.2) is 41.2 Å². The maximum atomic E-state index is 13.1. The third kappa shape index (κ3) is 4.41. The first-order valence-electron chi connectivity index (χ1n) is 8.75. The van der Waals surface area contributed by atoms with Gasteiger partial charge in [0.25, 0.3) is 5.91 Å². The molecule has 0 radical (unpaired) electrons. The highest BCUT2D eigenvalue weighted by molar-refractivity contribution is 5.93. The summed E-state index contributed by atoms with van der Waals surface area (Å²) in [4.78, 5) is 14.7. The van der Waals surface area contributed by atoms with E-state index in [0.717, 1.165) is 16.8 Å². The van der Waals surface area contributed by atoms with Gasteiger partial charge in [0, 0.05) is 13.6 Å². The Morgan fingerprint density at radius 3 is 2.44 bits per heavy atom. The van der Waals surface area contributed by atoms with Gasteiger partial charge in [0.05, 0.1) is 11.7 Å². The SMILES string of the molecule is CN(C)C(CNC(=O)c1cc(-c2ccc(F)cc2)n(C)n1)c1ccccc1. The van der Waals surface area contributed by atoms with Crippen LogP contribution in [0.15, 0.2) is 60.7 Å². The standard InChI is InChI=1S/C21H23FN4O/c1-25(2)20(15-7-5-4-6-8-15)14-23-21(27)18-13-19(26(3)24-18)16-9-11-17(22)12-10-16/h4-13,20H,14H2,1-3H3,(H,23,27). The predicted octanol–water partition coefficient (Wildman–Crippen LogP) is 3.26. The lowest BCUT2D eigenvalue weighted by molar-refractivity contribution is 0.0936. The molecule has 1 heterocycles. The summed E-state index contributed by atoms with van der Waals surface area (Å²) < 4.78 is 14.8. The maximum Gasteiger partial charge on any atom is 0.271 e. The molecule has 0 spiro atoms. The van der Waals surface area contributed by atoms with Crippen molar-refractivity contribution in [3.8, 4) is 11.3 Å². The zero-order valence-electron chi connectivity index (χ0n) is 15.7. The van der Waals surface area contributed by atoms with Gasteiger partial charge >= 0.3 is 0 Å². The van der Waals surface area contributed by atoms with E-state index in [-0.39, 0.29) is 17.8 Å². The normalized spacial score (nSPS) is 12.2. The van der Waals surface area contributed by atoms with Crippen LogP contribution in [0, 0.1) is 5.82 Å². The van der Waals surface area contributed by atoms with E-state index in [0.29, 0.717) is 12.2 Å². The Hall–Kier alpha value is -2.99. The quantitative estimate of drug-likeness (QED) is 0.729. The summed E-state index contributed by atoms with van der Waals surface area (Å²) in [6.45, 7) is 0.471. The van der Waals surface area contributed by atoms with Gasteiger partial charge in [0.15, 0.2) is 5.69 Å². The topological polar surface area (TPSA) is 50.2 Å². The van der Waals surface area contributed by atoms with E-state index < -0.39 is 0 Å². The number of amides is 1. The minimum Gasteiger partial charge on any atom is -0.349 e. The summed E-state index contributed by atoms with van der Waals surface area (Å²) in [5, 5.41) is 7.27. The Bertz CT molecular complexity index is 904. The molecular formula is C21H23FN4O. The van der Waals surface area contributed by atoms with E-state index in [1.807, 2.05) is 44.4 Å². The van der Waals surface area contributed by atoms with Crippen LogP contribution in [0.25, 0.3) is 11.3 Å². The molecule has 3 aromatic rings. The molecule has 0 fully saturated rings. The van der Waals surface area contributed by atoms with Gasteiger partial charge < -0.3 is 10.2 Å². The van der Waals surface area contributed by atoms with Crippen LogP contribution < -0.4 is 5.32 Å². The first-order chi connectivity index (χ1) is 13.0. The van der Waals surface area contributed by atoms with E-state index in [4.69, 9.17) is 0 Å². The number of hydrogen-bond acceptors (Lipinski definition) is 3. The average molecular weight is 366 g/mol. The molecule has 0 aliphatic rings. The van der Waals surface area contributed by atoms with Gasteiger partial charge in [-0.1, -0.05) is 30.3 Å². The number of benzene rings is 2. The van der Waals surface area contributed by atoms with Crippen LogP contribution in [0.4, 0.5) is 4.39 Å². The van der Waals surface area contributed by atoms with Gasteiger partial charge in [-0.15, -0.1) is 0 Å². The molecule has 0 saturated heterocycles. The summed E-state index contributed by atoms with van der Waals surface area (Å²) in [6, 6.07) is 18.0. The third-order valence-electron chi connectivity index (χ3n) is 4.52. The second kappa shape index (κ2) is 8.14. The maximum absolute atomic E-state index is 13.1. The van der Waals surface area contributed by atoms with Crippen LogP contribution in [0.3, 0.4) is 0 Å². The van der Waals surface area contributed by atoms with Gasteiger partial charge in [-0.05, 0) is 55.6 Å². The molecule has 1 aromatic heterocycles. The number of nitrogens with one attached hydrogen (secondary N) is 1. The molecule has 1 N–H and O–H groups in total. The molecule has 1 atom stereocenters. The fourth-order valence-electron chi connectivity index (χ4n) is 3.02. The molecule has 27 heavy (non-hydrogen) atoms. The van der Waals surface area contributed by atoms with Crippen LogP contribution in [-0.2, 0) is 7.05 Å². The molecule has 1 amide bonds. The second-order valence-corrected chi connectivity index (χ2v) is 6.65. The highest BCUT2D eigenvalue weighted by Crippen LogP contribution is 2.21. The minimum atomic E-state index is -0.297. The molecule has 2 aromatic carbocycles. The molecular weight excluding hydrogens is 343 g/mol. The monoisotopic (exact) mass is 366 g/mol. The smallest absolute Gasteiger partial charge is 0.271 e. The Balaban J connectivity index is 1.73. The van der Waals surface area contributed by atoms with E-state index >= 15 is 0 Å². The van der Waals surface area contributed by atoms with Crippen LogP contribution in [0.5, 0.6) is 0 Å². The Kier molecular flexibility index (Phi) is 5.66. The predicted molar refractivity (Wildman–Crippen MR) is 104 cm³/mol. The van der Waals surface area contributed by atoms with Crippen molar-refractivity contribution in [2.45, 2.75) is 6.04 Å². The fourth-order valence-corrected chi connectivity index (χ4v) is 3.02. The highest BCUT2D eigenvalue weighted by atomic mass is 19.1. The summed E-state index contributed by atoms with van der Waals surface area (Å²) in [5.41, 5.74) is 3.03. The van der Waals surface area contributed by atoms with Crippen molar-refractivity contribution in [3.05, 3.63) is 77.7 Å². The van der Waals surface area contributed by atoms with Gasteiger partial charge in [-0.2, -0.15) is 5.10 Å². The number of halogens is 1. The van der Waals surface area contributed by atoms with Crippen LogP contribution in [0.1, 0.15) is 22.1 Å². The van der Waals surface area contributed by atoms with Crippen molar-refractivity contribution in [2.75, 3.05) is 20.6 Å². The lowest BCUT2D eigenvalue weighted by Gasteiger charge is -2.24. The number of carbonyl (C=O) groups is 1. The van der Waals surface area contributed by atoms with Crippen molar-refractivity contribution in [1.82, 2.24) is 20.0 Å². The van der Waals surface area contributed by atoms with Crippen LogP contribution >= 0.6 is 0 Å². The van der Waals surface area contributed by atoms with Gasteiger partial charge in [0.1, 0.15) is 5.82 Å². The van der Waals surface area contributed by atoms with E-state index in [9.17, 15) is 9.18 Å². The molecule has 3 rings (SSSR count). The zero-order chi connectivity index (χ0) is 19.4. The van der Waals surface area contributed by atoms with E-state index in [1.165, 1.54) is 12.1 Å². The Labute approximate surface area is 158 Å². The van der Waals surface area contributed by atoms with E-state index in [2.05, 4.69) is 15.3 Å². The number of hydrogen-bond donors (Lipinski definition) is 1. The minimum absolute atomic E-state index is 0.0652. The first kappa shape index (κ1) is 18.8. The zero-order valence-corrected chi connectivity index (χ0v) is 15.7. The number of aromatic nitrogens is 2. The largest absolute Gasteiger partial charge is 0.349 e. The number of nitrogens with zero attached hydrogens (tertiary/aromatic N) is 3. The summed E-state index contributed by atoms with van der Waals surface area (Å²) in [7, 11) is 5.73. The van der Waals surface area contributed by atoms with Crippen molar-refractivity contribution >= 4 is 5.91 Å². The Morgan fingerprint density at radius 1 is 1.15 bits per heavy atom. The summed E-state index contributed by atoms with van der Waals surface area (Å²) >= 11 is 0.